The van der Waals surface area contributed by atoms with Gasteiger partial charge in [0.25, 0.3) is 0 Å². The summed E-state index contributed by atoms with van der Waals surface area (Å²) in [6.45, 7) is 8.13. The third-order valence-corrected chi connectivity index (χ3v) is 10.9. The normalized spacial score (nSPS) is 33.5. The third-order valence-electron chi connectivity index (χ3n) is 10.9. The van der Waals surface area contributed by atoms with Crippen LogP contribution in [0.15, 0.2) is 65.8 Å². The standard InChI is InChI=1S/C33H39BO4/c1-31(2)32(3,4)38-34(37-31)26-9-7-21-13-20(5-6-22(21)15-26)23-8-10-28(30(36)19-35)29(16-23)33-12-11-27-24(17-33)14-25(27)18-33/h5-11,13,15,24-25,29-30,35-36H,12,14,16-19H2,1-4H3/t24-,25-,29?,30?/m0/s1. The molecular weight excluding hydrogens is 471 g/mol. The monoisotopic (exact) mass is 510 g/mol. The second-order valence-corrected chi connectivity index (χ2v) is 13.5. The van der Waals surface area contributed by atoms with Crippen molar-refractivity contribution in [2.45, 2.75) is 77.1 Å². The molecule has 198 valence electrons. The maximum absolute atomic E-state index is 10.8. The van der Waals surface area contributed by atoms with Gasteiger partial charge in [0.2, 0.25) is 0 Å². The Balaban J connectivity index is 1.19. The molecule has 1 heterocycles. The molecule has 4 fully saturated rings. The first-order valence-corrected chi connectivity index (χ1v) is 14.4. The van der Waals surface area contributed by atoms with Crippen LogP contribution in [0.5, 0.6) is 0 Å². The van der Waals surface area contributed by atoms with Crippen molar-refractivity contribution in [1.29, 1.82) is 0 Å². The van der Waals surface area contributed by atoms with Crippen molar-refractivity contribution in [3.05, 3.63) is 71.3 Å². The van der Waals surface area contributed by atoms with Crippen LogP contribution in [0.3, 0.4) is 0 Å². The van der Waals surface area contributed by atoms with Crippen molar-refractivity contribution in [1.82, 2.24) is 0 Å². The highest BCUT2D eigenvalue weighted by molar-refractivity contribution is 6.62. The maximum Gasteiger partial charge on any atom is 0.494 e. The van der Waals surface area contributed by atoms with Crippen molar-refractivity contribution in [2.75, 3.05) is 6.61 Å². The molecule has 4 atom stereocenters. The number of hydrogen-bond acceptors (Lipinski definition) is 4. The van der Waals surface area contributed by atoms with Crippen molar-refractivity contribution in [2.24, 2.45) is 23.2 Å². The van der Waals surface area contributed by atoms with Gasteiger partial charge in [0, 0.05) is 0 Å². The molecule has 0 aromatic heterocycles. The minimum absolute atomic E-state index is 0.212. The SMILES string of the molecule is CC1(C)OB(c2ccc3cc(C4=CC=C(C(O)CO)C(C56CC=C7[C@@H](C[C@H]7C5)C6)C4)ccc3c2)OC1(C)C. The molecule has 0 radical (unpaired) electrons. The molecule has 2 unspecified atom stereocenters. The molecule has 0 spiro atoms. The van der Waals surface area contributed by atoms with E-state index >= 15 is 0 Å². The summed E-state index contributed by atoms with van der Waals surface area (Å²) < 4.78 is 12.6. The number of allylic oxidation sites excluding steroid dienone is 5. The average Bonchev–Trinajstić information content (AvgIpc) is 3.13. The molecular formula is C33H39BO4. The quantitative estimate of drug-likeness (QED) is 0.408. The molecule has 0 amide bonds. The Bertz CT molecular complexity index is 1370. The molecule has 9 rings (SSSR count). The molecule has 3 saturated carbocycles. The fourth-order valence-electron chi connectivity index (χ4n) is 8.04. The van der Waals surface area contributed by atoms with Crippen LogP contribution in [-0.2, 0) is 9.31 Å². The summed E-state index contributed by atoms with van der Waals surface area (Å²) in [7, 11) is -0.363. The van der Waals surface area contributed by atoms with Crippen LogP contribution in [0.1, 0.15) is 65.4 Å². The fraction of sp³-hybridized carbons (Fsp3) is 0.515. The molecule has 2 N–H and O–H groups in total. The lowest BCUT2D eigenvalue weighted by atomic mass is 9.43. The van der Waals surface area contributed by atoms with Gasteiger partial charge in [-0.05, 0) is 122 Å². The second kappa shape index (κ2) is 8.41. The van der Waals surface area contributed by atoms with Gasteiger partial charge >= 0.3 is 7.12 Å². The molecule has 7 aliphatic rings. The first kappa shape index (κ1) is 24.8. The number of hydrogen-bond donors (Lipinski definition) is 2. The van der Waals surface area contributed by atoms with Crippen LogP contribution in [0.25, 0.3) is 16.3 Å². The average molecular weight is 510 g/mol. The zero-order valence-corrected chi connectivity index (χ0v) is 23.0. The van der Waals surface area contributed by atoms with Crippen LogP contribution >= 0.6 is 0 Å². The van der Waals surface area contributed by atoms with Gasteiger partial charge in [-0.3, -0.25) is 0 Å². The lowest BCUT2D eigenvalue weighted by Gasteiger charge is -2.61. The Morgan fingerprint density at radius 3 is 2.32 bits per heavy atom. The molecule has 4 nitrogen and oxygen atoms in total. The Labute approximate surface area is 226 Å². The Morgan fingerprint density at radius 1 is 0.947 bits per heavy atom. The van der Waals surface area contributed by atoms with E-state index in [1.54, 1.807) is 5.57 Å². The van der Waals surface area contributed by atoms with Gasteiger partial charge in [-0.15, -0.1) is 0 Å². The van der Waals surface area contributed by atoms with Crippen LogP contribution in [0.4, 0.5) is 0 Å². The van der Waals surface area contributed by atoms with Crippen molar-refractivity contribution in [3.8, 4) is 0 Å². The van der Waals surface area contributed by atoms with Crippen molar-refractivity contribution < 1.29 is 19.5 Å². The highest BCUT2D eigenvalue weighted by Gasteiger charge is 2.57. The Morgan fingerprint density at radius 2 is 1.63 bits per heavy atom. The lowest BCUT2D eigenvalue weighted by molar-refractivity contribution is -0.00834. The molecule has 38 heavy (non-hydrogen) atoms. The van der Waals surface area contributed by atoms with Gasteiger partial charge in [0.15, 0.2) is 0 Å². The molecule has 6 aliphatic carbocycles. The zero-order valence-electron chi connectivity index (χ0n) is 23.0. The molecule has 2 aromatic carbocycles. The van der Waals surface area contributed by atoms with Crippen LogP contribution in [0.2, 0.25) is 0 Å². The molecule has 4 bridgehead atoms. The largest absolute Gasteiger partial charge is 0.494 e. The van der Waals surface area contributed by atoms with Crippen molar-refractivity contribution in [3.63, 3.8) is 0 Å². The van der Waals surface area contributed by atoms with E-state index in [-0.39, 0.29) is 36.3 Å². The van der Waals surface area contributed by atoms with Crippen LogP contribution < -0.4 is 5.46 Å². The van der Waals surface area contributed by atoms with Gasteiger partial charge in [-0.25, -0.2) is 0 Å². The molecule has 2 aromatic rings. The van der Waals surface area contributed by atoms with Crippen LogP contribution in [0, 0.1) is 23.2 Å². The Kier molecular flexibility index (Phi) is 5.50. The summed E-state index contributed by atoms with van der Waals surface area (Å²) in [5.74, 6) is 1.78. The lowest BCUT2D eigenvalue weighted by Crippen LogP contribution is -2.51. The predicted molar refractivity (Wildman–Crippen MR) is 153 cm³/mol. The van der Waals surface area contributed by atoms with E-state index in [9.17, 15) is 10.2 Å². The summed E-state index contributed by atoms with van der Waals surface area (Å²) in [4.78, 5) is 0. The zero-order chi connectivity index (χ0) is 26.4. The van der Waals surface area contributed by atoms with E-state index in [1.165, 1.54) is 41.2 Å². The topological polar surface area (TPSA) is 58.9 Å². The number of aliphatic hydroxyl groups is 2. The van der Waals surface area contributed by atoms with Gasteiger partial charge in [-0.2, -0.15) is 0 Å². The minimum Gasteiger partial charge on any atom is -0.399 e. The Hall–Kier alpha value is -2.18. The number of aliphatic hydroxyl groups excluding tert-OH is 2. The fourth-order valence-corrected chi connectivity index (χ4v) is 8.04. The highest BCUT2D eigenvalue weighted by atomic mass is 16.7. The number of fused-ring (bicyclic) bond motifs is 2. The smallest absolute Gasteiger partial charge is 0.399 e. The highest BCUT2D eigenvalue weighted by Crippen LogP contribution is 2.67. The maximum atomic E-state index is 10.8. The summed E-state index contributed by atoms with van der Waals surface area (Å²) in [6.07, 6.45) is 11.9. The van der Waals surface area contributed by atoms with Crippen molar-refractivity contribution >= 4 is 28.9 Å². The van der Waals surface area contributed by atoms with Gasteiger partial charge in [-0.1, -0.05) is 54.1 Å². The van der Waals surface area contributed by atoms with E-state index in [4.69, 9.17) is 9.31 Å². The van der Waals surface area contributed by atoms with Crippen LogP contribution in [-0.4, -0.2) is 41.2 Å². The third kappa shape index (κ3) is 3.66. The summed E-state index contributed by atoms with van der Waals surface area (Å²) in [5, 5.41) is 23.0. The van der Waals surface area contributed by atoms with E-state index < -0.39 is 6.10 Å². The number of rotatable bonds is 5. The van der Waals surface area contributed by atoms with E-state index in [0.717, 1.165) is 35.7 Å². The summed E-state index contributed by atoms with van der Waals surface area (Å²) in [6, 6.07) is 13.2. The molecule has 1 saturated heterocycles. The molecule has 1 aliphatic heterocycles. The predicted octanol–water partition coefficient (Wildman–Crippen LogP) is 5.57. The van der Waals surface area contributed by atoms with E-state index in [1.807, 2.05) is 0 Å². The van der Waals surface area contributed by atoms with Gasteiger partial charge < -0.3 is 19.5 Å². The van der Waals surface area contributed by atoms with Gasteiger partial charge in [0.05, 0.1) is 23.9 Å². The first-order valence-electron chi connectivity index (χ1n) is 14.4. The van der Waals surface area contributed by atoms with E-state index in [0.29, 0.717) is 0 Å². The second-order valence-electron chi connectivity index (χ2n) is 13.5. The number of benzene rings is 2. The summed E-state index contributed by atoms with van der Waals surface area (Å²) >= 11 is 0. The van der Waals surface area contributed by atoms with Gasteiger partial charge in [0.1, 0.15) is 0 Å². The first-order chi connectivity index (χ1) is 18.1. The van der Waals surface area contributed by atoms with E-state index in [2.05, 4.69) is 82.3 Å². The minimum atomic E-state index is -0.777. The summed E-state index contributed by atoms with van der Waals surface area (Å²) in [5.41, 5.74) is 5.85. The molecule has 5 heteroatoms.